The third kappa shape index (κ3) is 4.24. The number of rotatable bonds is 5. The average Bonchev–Trinajstić information content (AvgIpc) is 3.16. The molecule has 0 aliphatic carbocycles. The predicted octanol–water partition coefficient (Wildman–Crippen LogP) is 6.52. The molecule has 0 amide bonds. The first kappa shape index (κ1) is 23.6. The normalized spacial score (nSPS) is 11.7. The van der Waals surface area contributed by atoms with Crippen LogP contribution in [0.25, 0.3) is 10.9 Å². The molecule has 1 heterocycles. The van der Waals surface area contributed by atoms with E-state index in [-0.39, 0.29) is 21.9 Å². The van der Waals surface area contributed by atoms with Crippen molar-refractivity contribution in [1.82, 2.24) is 3.97 Å². The number of halogens is 3. The first-order valence-corrected chi connectivity index (χ1v) is 12.4. The zero-order chi connectivity index (χ0) is 23.9. The quantitative estimate of drug-likeness (QED) is 0.280. The summed E-state index contributed by atoms with van der Waals surface area (Å²) in [5, 5.41) is 1.55. The molecule has 9 heteroatoms. The second-order valence-electron chi connectivity index (χ2n) is 7.43. The second-order valence-corrected chi connectivity index (χ2v) is 10.4. The van der Waals surface area contributed by atoms with Gasteiger partial charge in [0.2, 0.25) is 0 Å². The van der Waals surface area contributed by atoms with Gasteiger partial charge in [0.15, 0.2) is 0 Å². The summed E-state index contributed by atoms with van der Waals surface area (Å²) in [5.74, 6) is -0.613. The molecule has 3 aromatic carbocycles. The van der Waals surface area contributed by atoms with Crippen LogP contribution in [0.3, 0.4) is 0 Å². The van der Waals surface area contributed by atoms with E-state index in [1.807, 2.05) is 6.92 Å². The Kier molecular flexibility index (Phi) is 6.47. The summed E-state index contributed by atoms with van der Waals surface area (Å²) in [7, 11) is -2.73. The summed E-state index contributed by atoms with van der Waals surface area (Å²) in [6.45, 7) is 1.86. The van der Waals surface area contributed by atoms with E-state index in [0.29, 0.717) is 26.8 Å². The molecule has 1 aromatic heterocycles. The Bertz CT molecular complexity index is 1500. The van der Waals surface area contributed by atoms with Gasteiger partial charge in [-0.05, 0) is 60.5 Å². The first-order valence-electron chi connectivity index (χ1n) is 9.81. The Balaban J connectivity index is 2.00. The third-order valence-electron chi connectivity index (χ3n) is 5.35. The van der Waals surface area contributed by atoms with Crippen molar-refractivity contribution in [2.75, 3.05) is 7.11 Å². The van der Waals surface area contributed by atoms with E-state index in [1.54, 1.807) is 36.4 Å². The molecule has 0 N–H and O–H groups in total. The number of hydrogen-bond donors (Lipinski definition) is 0. The van der Waals surface area contributed by atoms with E-state index in [9.17, 15) is 13.2 Å². The molecule has 33 heavy (non-hydrogen) atoms. The van der Waals surface area contributed by atoms with Crippen molar-refractivity contribution in [3.63, 3.8) is 0 Å². The molecule has 0 bridgehead atoms. The fraction of sp³-hybridized carbons (Fsp3) is 0.125. The van der Waals surface area contributed by atoms with Gasteiger partial charge in [-0.2, -0.15) is 0 Å². The molecule has 0 unspecified atom stereocenters. The molecule has 0 spiro atoms. The van der Waals surface area contributed by atoms with E-state index in [4.69, 9.17) is 39.5 Å². The topological polar surface area (TPSA) is 65.4 Å². The van der Waals surface area contributed by atoms with Crippen molar-refractivity contribution < 1.29 is 17.9 Å². The summed E-state index contributed by atoms with van der Waals surface area (Å²) < 4.78 is 33.5. The lowest BCUT2D eigenvalue weighted by molar-refractivity contribution is 0.0601. The van der Waals surface area contributed by atoms with Crippen LogP contribution in [0.5, 0.6) is 0 Å². The number of aromatic nitrogens is 1. The standard InChI is InChI=1S/C24H18Cl3NO4S/c1-14-10-15(25)11-22-19(14)12-16(28(22)33(30,31)17-6-4-3-5-7-17)13-20-21(26)9-8-18(23(20)27)24(29)32-2/h3-12H,13H2,1-2H3. The van der Waals surface area contributed by atoms with E-state index < -0.39 is 16.0 Å². The minimum Gasteiger partial charge on any atom is -0.465 e. The molecule has 0 saturated carbocycles. The predicted molar refractivity (Wildman–Crippen MR) is 131 cm³/mol. The van der Waals surface area contributed by atoms with Gasteiger partial charge in [0, 0.05) is 27.5 Å². The highest BCUT2D eigenvalue weighted by atomic mass is 35.5. The van der Waals surface area contributed by atoms with Crippen LogP contribution in [-0.2, 0) is 21.2 Å². The van der Waals surface area contributed by atoms with Crippen LogP contribution in [0, 0.1) is 6.92 Å². The smallest absolute Gasteiger partial charge is 0.339 e. The highest BCUT2D eigenvalue weighted by molar-refractivity contribution is 7.90. The largest absolute Gasteiger partial charge is 0.465 e. The zero-order valence-corrected chi connectivity index (χ0v) is 20.7. The van der Waals surface area contributed by atoms with Crippen LogP contribution in [0.2, 0.25) is 15.1 Å². The number of nitrogens with zero attached hydrogens (tertiary/aromatic N) is 1. The lowest BCUT2D eigenvalue weighted by atomic mass is 10.1. The molecule has 170 valence electrons. The molecular weight excluding hydrogens is 505 g/mol. The number of esters is 1. The summed E-state index contributed by atoms with van der Waals surface area (Å²) in [5.41, 5.74) is 2.24. The first-order chi connectivity index (χ1) is 15.6. The number of ether oxygens (including phenoxy) is 1. The molecule has 4 rings (SSSR count). The number of methoxy groups -OCH3 is 1. The zero-order valence-electron chi connectivity index (χ0n) is 17.6. The molecule has 0 aliphatic rings. The summed E-state index contributed by atoms with van der Waals surface area (Å²) in [4.78, 5) is 12.2. The van der Waals surface area contributed by atoms with E-state index in [0.717, 1.165) is 10.9 Å². The lowest BCUT2D eigenvalue weighted by Gasteiger charge is -2.15. The molecule has 4 aromatic rings. The van der Waals surface area contributed by atoms with Crippen molar-refractivity contribution in [3.8, 4) is 0 Å². The molecular formula is C24H18Cl3NO4S. The lowest BCUT2D eigenvalue weighted by Crippen LogP contribution is -2.16. The maximum Gasteiger partial charge on any atom is 0.339 e. The van der Waals surface area contributed by atoms with Crippen molar-refractivity contribution in [1.29, 1.82) is 0 Å². The molecule has 0 radical (unpaired) electrons. The SMILES string of the molecule is COC(=O)c1ccc(Cl)c(Cc2cc3c(C)cc(Cl)cc3n2S(=O)(=O)c2ccccc2)c1Cl. The number of carbonyl (C=O) groups is 1. The number of carbonyl (C=O) groups excluding carboxylic acids is 1. The third-order valence-corrected chi connectivity index (χ3v) is 8.13. The number of hydrogen-bond acceptors (Lipinski definition) is 4. The van der Waals surface area contributed by atoms with Gasteiger partial charge in [0.25, 0.3) is 10.0 Å². The van der Waals surface area contributed by atoms with Crippen LogP contribution in [0.4, 0.5) is 0 Å². The van der Waals surface area contributed by atoms with Crippen LogP contribution >= 0.6 is 34.8 Å². The van der Waals surface area contributed by atoms with Crippen molar-refractivity contribution in [3.05, 3.63) is 98.1 Å². The van der Waals surface area contributed by atoms with Gasteiger partial charge in [-0.1, -0.05) is 53.0 Å². The van der Waals surface area contributed by atoms with Gasteiger partial charge in [-0.25, -0.2) is 17.2 Å². The van der Waals surface area contributed by atoms with E-state index in [1.165, 1.54) is 35.3 Å². The molecule has 0 atom stereocenters. The van der Waals surface area contributed by atoms with Gasteiger partial charge in [-0.15, -0.1) is 0 Å². The Morgan fingerprint density at radius 2 is 1.70 bits per heavy atom. The maximum absolute atomic E-state index is 13.7. The van der Waals surface area contributed by atoms with Gasteiger partial charge in [0.1, 0.15) is 0 Å². The fourth-order valence-corrected chi connectivity index (χ4v) is 6.18. The van der Waals surface area contributed by atoms with Crippen LogP contribution in [0.15, 0.2) is 65.6 Å². The highest BCUT2D eigenvalue weighted by Gasteiger charge is 2.26. The van der Waals surface area contributed by atoms with Gasteiger partial charge >= 0.3 is 5.97 Å². The molecule has 0 aliphatic heterocycles. The molecule has 0 saturated heterocycles. The van der Waals surface area contributed by atoms with Crippen molar-refractivity contribution in [2.45, 2.75) is 18.2 Å². The summed E-state index contributed by atoms with van der Waals surface area (Å²) >= 11 is 19.2. The minimum atomic E-state index is -3.98. The Morgan fingerprint density at radius 1 is 1.00 bits per heavy atom. The monoisotopic (exact) mass is 521 g/mol. The van der Waals surface area contributed by atoms with E-state index >= 15 is 0 Å². The van der Waals surface area contributed by atoms with Crippen LogP contribution in [0.1, 0.15) is 27.2 Å². The minimum absolute atomic E-state index is 0.0559. The van der Waals surface area contributed by atoms with Gasteiger partial charge < -0.3 is 4.74 Å². The maximum atomic E-state index is 13.7. The Labute approximate surface area is 206 Å². The number of benzene rings is 3. The van der Waals surface area contributed by atoms with Gasteiger partial charge in [0.05, 0.1) is 28.1 Å². The molecule has 0 fully saturated rings. The fourth-order valence-electron chi connectivity index (χ4n) is 3.79. The highest BCUT2D eigenvalue weighted by Crippen LogP contribution is 2.35. The number of aryl methyl sites for hydroxylation is 1. The Morgan fingerprint density at radius 3 is 2.36 bits per heavy atom. The second kappa shape index (κ2) is 9.03. The van der Waals surface area contributed by atoms with Crippen molar-refractivity contribution >= 4 is 61.7 Å². The van der Waals surface area contributed by atoms with Crippen LogP contribution < -0.4 is 0 Å². The number of fused-ring (bicyclic) bond motifs is 1. The Hall–Kier alpha value is -2.51. The van der Waals surface area contributed by atoms with E-state index in [2.05, 4.69) is 0 Å². The molecule has 5 nitrogen and oxygen atoms in total. The summed E-state index contributed by atoms with van der Waals surface area (Å²) in [6, 6.07) is 16.3. The summed E-state index contributed by atoms with van der Waals surface area (Å²) in [6.07, 6.45) is 0.0559. The van der Waals surface area contributed by atoms with Crippen LogP contribution in [-0.4, -0.2) is 25.5 Å². The average molecular weight is 523 g/mol. The van der Waals surface area contributed by atoms with Gasteiger partial charge in [-0.3, -0.25) is 0 Å². The van der Waals surface area contributed by atoms with Crippen molar-refractivity contribution in [2.24, 2.45) is 0 Å².